The SMILES string of the molecule is CC(C)CC(=O)N(Cc1ccccc1OS(=O)(=O)c1ccc(F)cc1)CC1CCCO1. The highest BCUT2D eigenvalue weighted by Crippen LogP contribution is 2.26. The van der Waals surface area contributed by atoms with Gasteiger partial charge in [0.2, 0.25) is 5.91 Å². The second-order valence-corrected chi connectivity index (χ2v) is 9.65. The first-order valence-corrected chi connectivity index (χ1v) is 11.8. The van der Waals surface area contributed by atoms with E-state index in [1.54, 1.807) is 29.2 Å². The third-order valence-corrected chi connectivity index (χ3v) is 6.27. The van der Waals surface area contributed by atoms with Gasteiger partial charge in [-0.15, -0.1) is 0 Å². The summed E-state index contributed by atoms with van der Waals surface area (Å²) in [4.78, 5) is 14.4. The lowest BCUT2D eigenvalue weighted by atomic mass is 10.1. The Labute approximate surface area is 183 Å². The molecule has 0 spiro atoms. The summed E-state index contributed by atoms with van der Waals surface area (Å²) in [6, 6.07) is 11.2. The topological polar surface area (TPSA) is 72.9 Å². The highest BCUT2D eigenvalue weighted by molar-refractivity contribution is 7.87. The number of hydrogen-bond acceptors (Lipinski definition) is 5. The molecule has 0 saturated carbocycles. The maximum absolute atomic E-state index is 13.2. The molecule has 0 N–H and O–H groups in total. The molecule has 8 heteroatoms. The van der Waals surface area contributed by atoms with Gasteiger partial charge in [-0.3, -0.25) is 4.79 Å². The normalized spacial score (nSPS) is 16.5. The largest absolute Gasteiger partial charge is 0.379 e. The Morgan fingerprint density at radius 2 is 1.90 bits per heavy atom. The molecule has 2 aromatic carbocycles. The van der Waals surface area contributed by atoms with Gasteiger partial charge < -0.3 is 13.8 Å². The molecule has 0 radical (unpaired) electrons. The van der Waals surface area contributed by atoms with E-state index in [1.165, 1.54) is 0 Å². The number of amides is 1. The van der Waals surface area contributed by atoms with E-state index in [9.17, 15) is 17.6 Å². The van der Waals surface area contributed by atoms with Crippen molar-refractivity contribution in [1.82, 2.24) is 4.90 Å². The fraction of sp³-hybridized carbons (Fsp3) is 0.435. The molecule has 2 aromatic rings. The van der Waals surface area contributed by atoms with E-state index >= 15 is 0 Å². The molecule has 1 amide bonds. The summed E-state index contributed by atoms with van der Waals surface area (Å²) in [6.45, 7) is 5.31. The van der Waals surface area contributed by atoms with Crippen molar-refractivity contribution in [1.29, 1.82) is 0 Å². The minimum absolute atomic E-state index is 0.0123. The first-order chi connectivity index (χ1) is 14.7. The van der Waals surface area contributed by atoms with Crippen LogP contribution in [0.25, 0.3) is 0 Å². The Balaban J connectivity index is 1.82. The molecule has 0 bridgehead atoms. The van der Waals surface area contributed by atoms with Crippen LogP contribution >= 0.6 is 0 Å². The number of hydrogen-bond donors (Lipinski definition) is 0. The molecule has 168 valence electrons. The molecule has 31 heavy (non-hydrogen) atoms. The second kappa shape index (κ2) is 10.2. The van der Waals surface area contributed by atoms with E-state index in [1.807, 2.05) is 13.8 Å². The summed E-state index contributed by atoms with van der Waals surface area (Å²) in [5, 5.41) is 0. The van der Waals surface area contributed by atoms with Gasteiger partial charge in [-0.05, 0) is 49.1 Å². The smallest absolute Gasteiger partial charge is 0.339 e. The molecule has 0 aromatic heterocycles. The number of ether oxygens (including phenoxy) is 1. The highest BCUT2D eigenvalue weighted by atomic mass is 32.2. The fourth-order valence-corrected chi connectivity index (χ4v) is 4.42. The minimum Gasteiger partial charge on any atom is -0.379 e. The quantitative estimate of drug-likeness (QED) is 0.538. The van der Waals surface area contributed by atoms with Gasteiger partial charge in [-0.1, -0.05) is 32.0 Å². The predicted molar refractivity (Wildman–Crippen MR) is 115 cm³/mol. The molecule has 6 nitrogen and oxygen atoms in total. The zero-order valence-electron chi connectivity index (χ0n) is 17.8. The highest BCUT2D eigenvalue weighted by Gasteiger charge is 2.25. The van der Waals surface area contributed by atoms with Crippen molar-refractivity contribution in [2.75, 3.05) is 13.2 Å². The third kappa shape index (κ3) is 6.51. The molecule has 1 aliphatic heterocycles. The lowest BCUT2D eigenvalue weighted by molar-refractivity contribution is -0.134. The molecule has 0 aliphatic carbocycles. The van der Waals surface area contributed by atoms with Crippen molar-refractivity contribution in [3.63, 3.8) is 0 Å². The number of carbonyl (C=O) groups is 1. The number of nitrogens with zero attached hydrogens (tertiary/aromatic N) is 1. The Kier molecular flexibility index (Phi) is 7.67. The maximum atomic E-state index is 13.2. The van der Waals surface area contributed by atoms with Gasteiger partial charge in [0.05, 0.1) is 6.10 Å². The average molecular weight is 450 g/mol. The zero-order valence-corrected chi connectivity index (χ0v) is 18.6. The summed E-state index contributed by atoms with van der Waals surface area (Å²) < 4.78 is 49.6. The van der Waals surface area contributed by atoms with E-state index in [0.29, 0.717) is 25.1 Å². The van der Waals surface area contributed by atoms with Gasteiger partial charge in [0, 0.05) is 31.7 Å². The number of para-hydroxylation sites is 1. The van der Waals surface area contributed by atoms with Crippen LogP contribution in [0.1, 0.15) is 38.7 Å². The van der Waals surface area contributed by atoms with E-state index in [-0.39, 0.29) is 35.1 Å². The molecule has 3 rings (SSSR count). The molecule has 1 atom stereocenters. The van der Waals surface area contributed by atoms with Crippen molar-refractivity contribution in [2.24, 2.45) is 5.92 Å². The zero-order chi connectivity index (χ0) is 22.4. The summed E-state index contributed by atoms with van der Waals surface area (Å²) in [7, 11) is -4.14. The van der Waals surface area contributed by atoms with E-state index in [0.717, 1.165) is 37.1 Å². The Morgan fingerprint density at radius 3 is 2.55 bits per heavy atom. The third-order valence-electron chi connectivity index (χ3n) is 5.02. The van der Waals surface area contributed by atoms with Crippen LogP contribution in [0.5, 0.6) is 5.75 Å². The Bertz CT molecular complexity index is 985. The van der Waals surface area contributed by atoms with Gasteiger partial charge in [-0.25, -0.2) is 4.39 Å². The van der Waals surface area contributed by atoms with Gasteiger partial charge in [-0.2, -0.15) is 8.42 Å². The van der Waals surface area contributed by atoms with Crippen LogP contribution in [0.3, 0.4) is 0 Å². The summed E-state index contributed by atoms with van der Waals surface area (Å²) in [5.74, 6) is -0.208. The first kappa shape index (κ1) is 23.2. The Morgan fingerprint density at radius 1 is 1.19 bits per heavy atom. The molecular weight excluding hydrogens is 421 g/mol. The van der Waals surface area contributed by atoms with Crippen molar-refractivity contribution in [3.8, 4) is 5.75 Å². The van der Waals surface area contributed by atoms with Gasteiger partial charge in [0.1, 0.15) is 16.5 Å². The number of halogens is 1. The summed E-state index contributed by atoms with van der Waals surface area (Å²) in [5.41, 5.74) is 0.572. The number of carbonyl (C=O) groups excluding carboxylic acids is 1. The van der Waals surface area contributed by atoms with Crippen LogP contribution in [0.2, 0.25) is 0 Å². The molecule has 1 saturated heterocycles. The van der Waals surface area contributed by atoms with Gasteiger partial charge >= 0.3 is 10.1 Å². The van der Waals surface area contributed by atoms with Crippen molar-refractivity contribution in [2.45, 2.75) is 50.7 Å². The number of rotatable bonds is 9. The lowest BCUT2D eigenvalue weighted by Crippen LogP contribution is -2.37. The van der Waals surface area contributed by atoms with E-state index < -0.39 is 15.9 Å². The van der Waals surface area contributed by atoms with Crippen LogP contribution in [-0.4, -0.2) is 38.5 Å². The standard InChI is InChI=1S/C23H28FNO5S/c1-17(2)14-23(26)25(16-20-7-5-13-29-20)15-18-6-3-4-8-22(18)30-31(27,28)21-11-9-19(24)10-12-21/h3-4,6,8-12,17,20H,5,7,13-16H2,1-2H3. The Hall–Kier alpha value is -2.45. The van der Waals surface area contributed by atoms with Gasteiger partial charge in [0.25, 0.3) is 0 Å². The van der Waals surface area contributed by atoms with Crippen molar-refractivity contribution < 1.29 is 26.5 Å². The van der Waals surface area contributed by atoms with Crippen LogP contribution in [-0.2, 0) is 26.2 Å². The fourth-order valence-electron chi connectivity index (χ4n) is 3.46. The van der Waals surface area contributed by atoms with E-state index in [4.69, 9.17) is 8.92 Å². The summed E-state index contributed by atoms with van der Waals surface area (Å²) in [6.07, 6.45) is 2.23. The van der Waals surface area contributed by atoms with Crippen LogP contribution in [0.4, 0.5) is 4.39 Å². The van der Waals surface area contributed by atoms with Crippen molar-refractivity contribution in [3.05, 3.63) is 59.9 Å². The second-order valence-electron chi connectivity index (χ2n) is 8.11. The summed E-state index contributed by atoms with van der Waals surface area (Å²) >= 11 is 0. The molecule has 1 fully saturated rings. The molecule has 1 unspecified atom stereocenters. The monoisotopic (exact) mass is 449 g/mol. The predicted octanol–water partition coefficient (Wildman–Crippen LogP) is 4.15. The lowest BCUT2D eigenvalue weighted by Gasteiger charge is -2.27. The molecule has 1 aliphatic rings. The van der Waals surface area contributed by atoms with Crippen LogP contribution < -0.4 is 4.18 Å². The van der Waals surface area contributed by atoms with Gasteiger partial charge in [0.15, 0.2) is 0 Å². The van der Waals surface area contributed by atoms with Crippen LogP contribution in [0, 0.1) is 11.7 Å². The average Bonchev–Trinajstić information content (AvgIpc) is 3.21. The van der Waals surface area contributed by atoms with Crippen molar-refractivity contribution >= 4 is 16.0 Å². The number of benzene rings is 2. The van der Waals surface area contributed by atoms with Crippen LogP contribution in [0.15, 0.2) is 53.4 Å². The first-order valence-electron chi connectivity index (χ1n) is 10.4. The molecule has 1 heterocycles. The minimum atomic E-state index is -4.14. The maximum Gasteiger partial charge on any atom is 0.339 e. The molecular formula is C23H28FNO5S. The van der Waals surface area contributed by atoms with E-state index in [2.05, 4.69) is 0 Å².